The zero-order valence-electron chi connectivity index (χ0n) is 24.9. The molecule has 4 aromatic rings. The van der Waals surface area contributed by atoms with Crippen molar-refractivity contribution >= 4 is 16.8 Å². The highest BCUT2D eigenvalue weighted by Crippen LogP contribution is 2.39. The molecule has 12 heteroatoms. The van der Waals surface area contributed by atoms with Gasteiger partial charge in [-0.05, 0) is 55.1 Å². The standard InChI is InChI=1S/C32H36F3N7O2/c1-3-21-13-22(14-23-15-24(17-38-29(21)23)44-31-25-5-6-36-30(25)39-19-40-31)28(43)12-20-11-26(32(33,34)35)27(37-16-20)18-42-9-7-41(4-2)8-10-42/h5-6,11,15-17,19,21-22H,3-4,7-10,12-14,18H2,1-2H3,(H,36,39,40). The number of carbonyl (C=O) groups is 1. The highest BCUT2D eigenvalue weighted by Gasteiger charge is 2.36. The van der Waals surface area contributed by atoms with Crippen molar-refractivity contribution in [2.75, 3.05) is 32.7 Å². The van der Waals surface area contributed by atoms with Crippen LogP contribution in [0, 0.1) is 5.92 Å². The van der Waals surface area contributed by atoms with Gasteiger partial charge in [0, 0.05) is 69.1 Å². The third-order valence-corrected chi connectivity index (χ3v) is 8.87. The first-order chi connectivity index (χ1) is 21.2. The Morgan fingerprint density at radius 3 is 2.59 bits per heavy atom. The number of piperazine rings is 1. The number of rotatable bonds is 9. The van der Waals surface area contributed by atoms with E-state index in [9.17, 15) is 18.0 Å². The molecule has 6 rings (SSSR count). The molecule has 0 amide bonds. The molecule has 0 spiro atoms. The van der Waals surface area contributed by atoms with Crippen LogP contribution < -0.4 is 4.74 Å². The summed E-state index contributed by atoms with van der Waals surface area (Å²) in [5.41, 5.74) is 2.04. The molecule has 2 unspecified atom stereocenters. The molecule has 2 aliphatic rings. The number of aromatic amines is 1. The number of ether oxygens (including phenoxy) is 1. The quantitative estimate of drug-likeness (QED) is 0.264. The second kappa shape index (κ2) is 12.6. The van der Waals surface area contributed by atoms with E-state index in [1.807, 2.05) is 17.0 Å². The number of fused-ring (bicyclic) bond motifs is 2. The normalized spacial score (nSPS) is 19.7. The zero-order valence-corrected chi connectivity index (χ0v) is 24.9. The number of alkyl halides is 3. The number of ketones is 1. The number of nitrogens with zero attached hydrogens (tertiary/aromatic N) is 6. The third-order valence-electron chi connectivity index (χ3n) is 8.87. The molecule has 232 valence electrons. The van der Waals surface area contributed by atoms with Gasteiger partial charge in [-0.1, -0.05) is 13.8 Å². The number of hydrogen-bond donors (Lipinski definition) is 1. The summed E-state index contributed by atoms with van der Waals surface area (Å²) in [6.07, 6.45) is 3.47. The Labute approximate surface area is 253 Å². The van der Waals surface area contributed by atoms with Crippen LogP contribution in [0.15, 0.2) is 43.1 Å². The van der Waals surface area contributed by atoms with Gasteiger partial charge >= 0.3 is 6.18 Å². The van der Waals surface area contributed by atoms with Gasteiger partial charge in [-0.3, -0.25) is 19.7 Å². The number of hydrogen-bond acceptors (Lipinski definition) is 8. The Hall–Kier alpha value is -3.90. The van der Waals surface area contributed by atoms with E-state index in [4.69, 9.17) is 4.74 Å². The SMILES string of the molecule is CCC1CC(C(=O)Cc2cnc(CN3CCN(CC)CC3)c(C(F)(F)F)c2)Cc2cc(Oc3ncnc4[nH]ccc34)cnc21. The molecule has 0 radical (unpaired) electrons. The van der Waals surface area contributed by atoms with Crippen molar-refractivity contribution < 1.29 is 22.7 Å². The van der Waals surface area contributed by atoms with Gasteiger partial charge < -0.3 is 14.6 Å². The number of pyridine rings is 2. The van der Waals surface area contributed by atoms with Crippen LogP contribution >= 0.6 is 0 Å². The lowest BCUT2D eigenvalue weighted by Gasteiger charge is -2.34. The molecule has 9 nitrogen and oxygen atoms in total. The predicted octanol–water partition coefficient (Wildman–Crippen LogP) is 5.56. The summed E-state index contributed by atoms with van der Waals surface area (Å²) in [5, 5.41) is 0.738. The maximum Gasteiger partial charge on any atom is 0.418 e. The number of H-pyrrole nitrogens is 1. The Kier molecular flexibility index (Phi) is 8.64. The summed E-state index contributed by atoms with van der Waals surface area (Å²) < 4.78 is 48.5. The van der Waals surface area contributed by atoms with E-state index in [-0.39, 0.29) is 41.8 Å². The van der Waals surface area contributed by atoms with E-state index < -0.39 is 11.7 Å². The fraction of sp³-hybridized carbons (Fsp3) is 0.469. The molecular weight excluding hydrogens is 571 g/mol. The van der Waals surface area contributed by atoms with E-state index in [0.29, 0.717) is 43.2 Å². The molecule has 1 aliphatic heterocycles. The molecule has 1 aliphatic carbocycles. The summed E-state index contributed by atoms with van der Waals surface area (Å²) >= 11 is 0. The lowest BCUT2D eigenvalue weighted by atomic mass is 9.75. The Bertz CT molecular complexity index is 1630. The van der Waals surface area contributed by atoms with Crippen molar-refractivity contribution in [1.82, 2.24) is 34.7 Å². The van der Waals surface area contributed by atoms with Crippen LogP contribution in [0.3, 0.4) is 0 Å². The first-order valence-electron chi connectivity index (χ1n) is 15.2. The average molecular weight is 608 g/mol. The molecule has 1 saturated heterocycles. The second-order valence-electron chi connectivity index (χ2n) is 11.7. The number of nitrogens with one attached hydrogen (secondary N) is 1. The summed E-state index contributed by atoms with van der Waals surface area (Å²) in [6.45, 7) is 8.26. The van der Waals surface area contributed by atoms with Crippen LogP contribution in [0.1, 0.15) is 60.7 Å². The molecule has 0 saturated carbocycles. The fourth-order valence-corrected chi connectivity index (χ4v) is 6.36. The Morgan fingerprint density at radius 1 is 1.05 bits per heavy atom. The van der Waals surface area contributed by atoms with Gasteiger partial charge in [-0.25, -0.2) is 9.97 Å². The van der Waals surface area contributed by atoms with Crippen molar-refractivity contribution in [3.8, 4) is 11.6 Å². The van der Waals surface area contributed by atoms with E-state index in [2.05, 4.69) is 43.7 Å². The first kappa shape index (κ1) is 30.1. The lowest BCUT2D eigenvalue weighted by molar-refractivity contribution is -0.139. The van der Waals surface area contributed by atoms with Gasteiger partial charge in [0.05, 0.1) is 22.8 Å². The van der Waals surface area contributed by atoms with Gasteiger partial charge in [0.15, 0.2) is 0 Å². The molecule has 4 aromatic heterocycles. The Morgan fingerprint density at radius 2 is 1.84 bits per heavy atom. The van der Waals surface area contributed by atoms with E-state index >= 15 is 0 Å². The molecule has 44 heavy (non-hydrogen) atoms. The molecule has 2 atom stereocenters. The largest absolute Gasteiger partial charge is 0.437 e. The van der Waals surface area contributed by atoms with Crippen LogP contribution in [0.25, 0.3) is 11.0 Å². The van der Waals surface area contributed by atoms with Crippen LogP contribution in [0.4, 0.5) is 13.2 Å². The van der Waals surface area contributed by atoms with Gasteiger partial charge in [0.2, 0.25) is 5.88 Å². The van der Waals surface area contributed by atoms with E-state index in [0.717, 1.165) is 48.8 Å². The monoisotopic (exact) mass is 607 g/mol. The van der Waals surface area contributed by atoms with Crippen LogP contribution in [-0.2, 0) is 30.4 Å². The lowest BCUT2D eigenvalue weighted by Crippen LogP contribution is -2.45. The van der Waals surface area contributed by atoms with Crippen molar-refractivity contribution in [2.24, 2.45) is 5.92 Å². The predicted molar refractivity (Wildman–Crippen MR) is 158 cm³/mol. The topological polar surface area (TPSA) is 100 Å². The van der Waals surface area contributed by atoms with Crippen molar-refractivity contribution in [2.45, 2.75) is 58.2 Å². The minimum absolute atomic E-state index is 0.00972. The highest BCUT2D eigenvalue weighted by molar-refractivity contribution is 5.84. The first-order valence-corrected chi connectivity index (χ1v) is 15.2. The van der Waals surface area contributed by atoms with Crippen LogP contribution in [-0.4, -0.2) is 73.2 Å². The van der Waals surface area contributed by atoms with Crippen LogP contribution in [0.5, 0.6) is 11.6 Å². The summed E-state index contributed by atoms with van der Waals surface area (Å²) in [5.74, 6) is 0.524. The summed E-state index contributed by atoms with van der Waals surface area (Å²) in [6, 6.07) is 4.84. The zero-order chi connectivity index (χ0) is 30.8. The van der Waals surface area contributed by atoms with E-state index in [1.165, 1.54) is 12.5 Å². The number of likely N-dealkylation sites (N-methyl/N-ethyl adjacent to an activating group) is 1. The number of carbonyl (C=O) groups excluding carboxylic acids is 1. The maximum atomic E-state index is 14.1. The number of halogens is 3. The maximum absolute atomic E-state index is 14.1. The highest BCUT2D eigenvalue weighted by atomic mass is 19.4. The molecular formula is C32H36F3N7O2. The molecule has 1 N–H and O–H groups in total. The smallest absolute Gasteiger partial charge is 0.418 e. The number of aromatic nitrogens is 5. The van der Waals surface area contributed by atoms with Crippen molar-refractivity contribution in [1.29, 1.82) is 0 Å². The number of Topliss-reactive ketones (excluding diaryl/α,β-unsaturated/α-hetero) is 1. The van der Waals surface area contributed by atoms with Crippen LogP contribution in [0.2, 0.25) is 0 Å². The van der Waals surface area contributed by atoms with Crippen molar-refractivity contribution in [3.63, 3.8) is 0 Å². The minimum atomic E-state index is -4.55. The second-order valence-corrected chi connectivity index (χ2v) is 11.7. The summed E-state index contributed by atoms with van der Waals surface area (Å²) in [4.78, 5) is 38.2. The van der Waals surface area contributed by atoms with E-state index in [1.54, 1.807) is 12.4 Å². The van der Waals surface area contributed by atoms with Gasteiger partial charge in [-0.15, -0.1) is 0 Å². The summed E-state index contributed by atoms with van der Waals surface area (Å²) in [7, 11) is 0. The third kappa shape index (κ3) is 6.46. The molecule has 0 aromatic carbocycles. The molecule has 5 heterocycles. The fourth-order valence-electron chi connectivity index (χ4n) is 6.36. The van der Waals surface area contributed by atoms with Gasteiger partial charge in [0.1, 0.15) is 23.5 Å². The minimum Gasteiger partial charge on any atom is -0.437 e. The van der Waals surface area contributed by atoms with Gasteiger partial charge in [-0.2, -0.15) is 13.2 Å². The molecule has 0 bridgehead atoms. The average Bonchev–Trinajstić information content (AvgIpc) is 3.51. The van der Waals surface area contributed by atoms with Gasteiger partial charge in [0.25, 0.3) is 0 Å². The Balaban J connectivity index is 1.17. The molecule has 1 fully saturated rings. The van der Waals surface area contributed by atoms with Crippen molar-refractivity contribution in [3.05, 3.63) is 71.2 Å².